The molecular weight excluding hydrogens is 216 g/mol. The molecule has 0 rings (SSSR count). The van der Waals surface area contributed by atoms with Crippen molar-refractivity contribution in [2.24, 2.45) is 4.99 Å². The largest absolute Gasteiger partial charge is 0.353 e. The van der Waals surface area contributed by atoms with Gasteiger partial charge in [0.1, 0.15) is 0 Å². The predicted molar refractivity (Wildman–Crippen MR) is 67.8 cm³/mol. The zero-order valence-electron chi connectivity index (χ0n) is 9.01. The summed E-state index contributed by atoms with van der Waals surface area (Å²) < 4.78 is 0. The van der Waals surface area contributed by atoms with Crippen molar-refractivity contribution in [2.75, 3.05) is 14.1 Å². The molecule has 0 spiro atoms. The summed E-state index contributed by atoms with van der Waals surface area (Å²) in [6.45, 7) is 9.83. The van der Waals surface area contributed by atoms with Crippen LogP contribution in [0.4, 0.5) is 0 Å². The number of rotatable bonds is 5. The Balaban J connectivity index is 4.10. The first kappa shape index (κ1) is 13.6. The molecule has 0 heterocycles. The molecule has 0 aromatic carbocycles. The first-order valence-corrected chi connectivity index (χ1v) is 5.62. The van der Waals surface area contributed by atoms with Crippen molar-refractivity contribution in [1.29, 1.82) is 0 Å². The van der Waals surface area contributed by atoms with Crippen LogP contribution in [0.5, 0.6) is 0 Å². The van der Waals surface area contributed by atoms with Gasteiger partial charge in [0.25, 0.3) is 0 Å². The number of halogens is 1. The molecule has 0 aliphatic heterocycles. The molecule has 0 radical (unpaired) electrons. The third-order valence-electron chi connectivity index (χ3n) is 1.38. The second kappa shape index (κ2) is 6.96. The van der Waals surface area contributed by atoms with Crippen LogP contribution in [0.25, 0.3) is 0 Å². The van der Waals surface area contributed by atoms with Gasteiger partial charge in [0.05, 0.1) is 5.03 Å². The summed E-state index contributed by atoms with van der Waals surface area (Å²) in [5, 5.41) is 1.12. The molecule has 4 heteroatoms. The second-order valence-electron chi connectivity index (χ2n) is 3.06. The van der Waals surface area contributed by atoms with E-state index in [0.717, 1.165) is 17.7 Å². The van der Waals surface area contributed by atoms with E-state index in [1.165, 1.54) is 11.8 Å². The van der Waals surface area contributed by atoms with Gasteiger partial charge in [-0.15, -0.1) is 0 Å². The average molecular weight is 233 g/mol. The highest BCUT2D eigenvalue weighted by Crippen LogP contribution is 2.27. The van der Waals surface area contributed by atoms with E-state index in [1.54, 1.807) is 4.90 Å². The molecule has 0 N–H and O–H groups in total. The predicted octanol–water partition coefficient (Wildman–Crippen LogP) is 3.66. The number of aliphatic imine (C=N–C) groups is 1. The number of thioether (sulfide) groups is 1. The Labute approximate surface area is 95.7 Å². The number of allylic oxidation sites excluding steroid dienone is 1. The zero-order chi connectivity index (χ0) is 11.1. The standard InChI is InChI=1S/C10H17ClN2S/c1-6-7-8(2)14-9(3)12-10(11)13(4)5/h2-3,6-7H2,1,4-5H3. The van der Waals surface area contributed by atoms with E-state index in [2.05, 4.69) is 25.1 Å². The molecule has 0 aliphatic carbocycles. The number of hydrogen-bond acceptors (Lipinski definition) is 2. The Morgan fingerprint density at radius 3 is 2.43 bits per heavy atom. The van der Waals surface area contributed by atoms with Crippen molar-refractivity contribution in [1.82, 2.24) is 4.90 Å². The van der Waals surface area contributed by atoms with Crippen LogP contribution in [0.1, 0.15) is 19.8 Å². The van der Waals surface area contributed by atoms with Crippen LogP contribution in [0.15, 0.2) is 28.1 Å². The Morgan fingerprint density at radius 2 is 2.00 bits per heavy atom. The maximum atomic E-state index is 5.84. The fraction of sp³-hybridized carbons (Fsp3) is 0.500. The molecule has 0 saturated heterocycles. The first-order valence-electron chi connectivity index (χ1n) is 4.43. The highest BCUT2D eigenvalue weighted by atomic mass is 35.5. The smallest absolute Gasteiger partial charge is 0.199 e. The second-order valence-corrected chi connectivity index (χ2v) is 4.65. The summed E-state index contributed by atoms with van der Waals surface area (Å²) in [6, 6.07) is 0. The third-order valence-corrected chi connectivity index (χ3v) is 2.62. The lowest BCUT2D eigenvalue weighted by Gasteiger charge is -2.09. The quantitative estimate of drug-likeness (QED) is 0.409. The normalized spacial score (nSPS) is 11.3. The Kier molecular flexibility index (Phi) is 6.75. The molecule has 2 nitrogen and oxygen atoms in total. The minimum absolute atomic E-state index is 0.437. The van der Waals surface area contributed by atoms with Crippen molar-refractivity contribution in [3.05, 3.63) is 23.1 Å². The van der Waals surface area contributed by atoms with Crippen LogP contribution in [-0.2, 0) is 0 Å². The highest BCUT2D eigenvalue weighted by molar-refractivity contribution is 8.06. The summed E-state index contributed by atoms with van der Waals surface area (Å²) >= 11 is 7.33. The van der Waals surface area contributed by atoms with Gasteiger partial charge >= 0.3 is 0 Å². The van der Waals surface area contributed by atoms with Gasteiger partial charge in [-0.2, -0.15) is 0 Å². The van der Waals surface area contributed by atoms with Gasteiger partial charge in [0.15, 0.2) is 5.29 Å². The van der Waals surface area contributed by atoms with Gasteiger partial charge in [0.2, 0.25) is 0 Å². The van der Waals surface area contributed by atoms with E-state index in [4.69, 9.17) is 11.6 Å². The summed E-state index contributed by atoms with van der Waals surface area (Å²) in [4.78, 5) is 6.92. The minimum atomic E-state index is 0.437. The summed E-state index contributed by atoms with van der Waals surface area (Å²) in [5.74, 6) is 0. The fourth-order valence-corrected chi connectivity index (χ4v) is 1.65. The monoisotopic (exact) mass is 232 g/mol. The molecule has 0 fully saturated rings. The lowest BCUT2D eigenvalue weighted by Crippen LogP contribution is -2.15. The molecule has 0 amide bonds. The summed E-state index contributed by atoms with van der Waals surface area (Å²) in [7, 11) is 3.68. The van der Waals surface area contributed by atoms with Crippen molar-refractivity contribution in [3.8, 4) is 0 Å². The van der Waals surface area contributed by atoms with E-state index in [-0.39, 0.29) is 0 Å². The average Bonchev–Trinajstić information content (AvgIpc) is 2.03. The van der Waals surface area contributed by atoms with Gasteiger partial charge in [-0.3, -0.25) is 0 Å². The maximum Gasteiger partial charge on any atom is 0.199 e. The molecule has 0 saturated carbocycles. The molecule has 14 heavy (non-hydrogen) atoms. The van der Waals surface area contributed by atoms with E-state index in [0.29, 0.717) is 10.3 Å². The van der Waals surface area contributed by atoms with Gasteiger partial charge in [-0.1, -0.05) is 38.3 Å². The highest BCUT2D eigenvalue weighted by Gasteiger charge is 2.00. The minimum Gasteiger partial charge on any atom is -0.353 e. The lowest BCUT2D eigenvalue weighted by molar-refractivity contribution is 0.634. The van der Waals surface area contributed by atoms with Crippen LogP contribution in [0.2, 0.25) is 0 Å². The third kappa shape index (κ3) is 6.11. The maximum absolute atomic E-state index is 5.84. The van der Waals surface area contributed by atoms with Crippen LogP contribution >= 0.6 is 23.4 Å². The van der Waals surface area contributed by atoms with Gasteiger partial charge in [0, 0.05) is 14.1 Å². The van der Waals surface area contributed by atoms with Gasteiger partial charge in [-0.05, 0) is 22.9 Å². The molecule has 0 aliphatic rings. The number of hydrogen-bond donors (Lipinski definition) is 0. The molecule has 80 valence electrons. The van der Waals surface area contributed by atoms with E-state index in [1.807, 2.05) is 14.1 Å². The van der Waals surface area contributed by atoms with Crippen LogP contribution < -0.4 is 0 Å². The SMILES string of the molecule is C=C(CCC)SC(=C)N=C(Cl)N(C)C. The van der Waals surface area contributed by atoms with Crippen LogP contribution in [0, 0.1) is 0 Å². The van der Waals surface area contributed by atoms with Crippen LogP contribution in [-0.4, -0.2) is 24.3 Å². The lowest BCUT2D eigenvalue weighted by atomic mass is 10.3. The van der Waals surface area contributed by atoms with E-state index < -0.39 is 0 Å². The number of amidine groups is 1. The Bertz CT molecular complexity index is 247. The molecule has 0 unspecified atom stereocenters. The Morgan fingerprint density at radius 1 is 1.43 bits per heavy atom. The Hall–Kier alpha value is -0.410. The van der Waals surface area contributed by atoms with Gasteiger partial charge < -0.3 is 4.90 Å². The number of nitrogens with zero attached hydrogens (tertiary/aromatic N) is 2. The summed E-state index contributed by atoms with van der Waals surface area (Å²) in [6.07, 6.45) is 2.07. The van der Waals surface area contributed by atoms with Crippen molar-refractivity contribution >= 4 is 28.7 Å². The zero-order valence-corrected chi connectivity index (χ0v) is 10.6. The summed E-state index contributed by atoms with van der Waals surface area (Å²) in [5.41, 5.74) is 0. The fourth-order valence-electron chi connectivity index (χ4n) is 0.722. The molecule has 0 atom stereocenters. The van der Waals surface area contributed by atoms with Crippen molar-refractivity contribution in [3.63, 3.8) is 0 Å². The molecular formula is C10H17ClN2S. The van der Waals surface area contributed by atoms with Crippen molar-refractivity contribution in [2.45, 2.75) is 19.8 Å². The first-order chi connectivity index (χ1) is 6.47. The van der Waals surface area contributed by atoms with E-state index >= 15 is 0 Å². The molecule has 0 bridgehead atoms. The van der Waals surface area contributed by atoms with E-state index in [9.17, 15) is 0 Å². The van der Waals surface area contributed by atoms with Gasteiger partial charge in [-0.25, -0.2) is 4.99 Å². The van der Waals surface area contributed by atoms with Crippen LogP contribution in [0.3, 0.4) is 0 Å². The topological polar surface area (TPSA) is 15.6 Å². The van der Waals surface area contributed by atoms with Crippen molar-refractivity contribution < 1.29 is 0 Å². The molecule has 0 aromatic heterocycles. The molecule has 0 aromatic rings.